The molecular formula is C9H11ClN2S. The highest BCUT2D eigenvalue weighted by molar-refractivity contribution is 8.00. The standard InChI is InChI=1S/C9H11ClN2S/c1-6(9(11)12)13-8-4-2-7(10)3-5-8/h2-6H,1H3,(H3,11,12). The Balaban J connectivity index is 2.64. The third-order valence-corrected chi connectivity index (χ3v) is 2.97. The highest BCUT2D eigenvalue weighted by atomic mass is 35.5. The first kappa shape index (κ1) is 10.4. The summed E-state index contributed by atoms with van der Waals surface area (Å²) in [7, 11) is 0. The van der Waals surface area contributed by atoms with Crippen molar-refractivity contribution in [3.63, 3.8) is 0 Å². The largest absolute Gasteiger partial charge is 0.387 e. The van der Waals surface area contributed by atoms with Gasteiger partial charge in [0.15, 0.2) is 0 Å². The minimum atomic E-state index is 0.0150. The summed E-state index contributed by atoms with van der Waals surface area (Å²) in [6.07, 6.45) is 0. The maximum atomic E-state index is 7.22. The Labute approximate surface area is 87.0 Å². The highest BCUT2D eigenvalue weighted by Crippen LogP contribution is 2.24. The molecule has 0 saturated heterocycles. The van der Waals surface area contributed by atoms with Crippen LogP contribution in [0, 0.1) is 5.41 Å². The smallest absolute Gasteiger partial charge is 0.104 e. The van der Waals surface area contributed by atoms with Crippen LogP contribution in [0.1, 0.15) is 6.92 Å². The van der Waals surface area contributed by atoms with Crippen LogP contribution in [-0.2, 0) is 0 Å². The van der Waals surface area contributed by atoms with Crippen LogP contribution in [-0.4, -0.2) is 11.1 Å². The van der Waals surface area contributed by atoms with Crippen LogP contribution in [0.2, 0.25) is 5.02 Å². The summed E-state index contributed by atoms with van der Waals surface area (Å²) in [5.41, 5.74) is 5.35. The summed E-state index contributed by atoms with van der Waals surface area (Å²) in [6.45, 7) is 1.90. The van der Waals surface area contributed by atoms with E-state index in [1.165, 1.54) is 0 Å². The van der Waals surface area contributed by atoms with Gasteiger partial charge in [0, 0.05) is 9.92 Å². The van der Waals surface area contributed by atoms with Gasteiger partial charge in [-0.2, -0.15) is 0 Å². The highest BCUT2D eigenvalue weighted by Gasteiger charge is 2.06. The molecule has 0 aliphatic heterocycles. The lowest BCUT2D eigenvalue weighted by molar-refractivity contribution is 1.22. The fraction of sp³-hybridized carbons (Fsp3) is 0.222. The van der Waals surface area contributed by atoms with Crippen LogP contribution in [0.4, 0.5) is 0 Å². The molecule has 0 aromatic heterocycles. The Hall–Kier alpha value is -0.670. The van der Waals surface area contributed by atoms with E-state index in [1.54, 1.807) is 11.8 Å². The second kappa shape index (κ2) is 4.53. The Kier molecular flexibility index (Phi) is 3.63. The number of amidine groups is 1. The fourth-order valence-corrected chi connectivity index (χ4v) is 1.74. The molecule has 1 atom stereocenters. The van der Waals surface area contributed by atoms with E-state index in [1.807, 2.05) is 31.2 Å². The minimum absolute atomic E-state index is 0.0150. The van der Waals surface area contributed by atoms with E-state index < -0.39 is 0 Å². The van der Waals surface area contributed by atoms with E-state index in [0.29, 0.717) is 0 Å². The van der Waals surface area contributed by atoms with E-state index >= 15 is 0 Å². The van der Waals surface area contributed by atoms with Gasteiger partial charge in [-0.3, -0.25) is 5.41 Å². The first-order chi connectivity index (χ1) is 6.09. The molecule has 1 unspecified atom stereocenters. The number of rotatable bonds is 3. The molecule has 0 saturated carbocycles. The van der Waals surface area contributed by atoms with Crippen molar-refractivity contribution in [1.82, 2.24) is 0 Å². The van der Waals surface area contributed by atoms with E-state index in [4.69, 9.17) is 22.7 Å². The number of nitrogens with one attached hydrogen (secondary N) is 1. The molecule has 1 aromatic carbocycles. The number of hydrogen-bond donors (Lipinski definition) is 2. The van der Waals surface area contributed by atoms with Crippen molar-refractivity contribution >= 4 is 29.2 Å². The molecule has 2 nitrogen and oxygen atoms in total. The van der Waals surface area contributed by atoms with Crippen molar-refractivity contribution < 1.29 is 0 Å². The quantitative estimate of drug-likeness (QED) is 0.462. The molecule has 4 heteroatoms. The summed E-state index contributed by atoms with van der Waals surface area (Å²) in [6, 6.07) is 7.51. The van der Waals surface area contributed by atoms with Crippen LogP contribution >= 0.6 is 23.4 Å². The molecule has 0 radical (unpaired) electrons. The third kappa shape index (κ3) is 3.28. The van der Waals surface area contributed by atoms with Gasteiger partial charge in [0.05, 0.1) is 5.25 Å². The minimum Gasteiger partial charge on any atom is -0.387 e. The molecule has 0 spiro atoms. The summed E-state index contributed by atoms with van der Waals surface area (Å²) in [5.74, 6) is 0.194. The van der Waals surface area contributed by atoms with E-state index in [2.05, 4.69) is 0 Å². The number of thioether (sulfide) groups is 1. The lowest BCUT2D eigenvalue weighted by atomic mass is 10.4. The lowest BCUT2D eigenvalue weighted by Gasteiger charge is -2.08. The van der Waals surface area contributed by atoms with Crippen molar-refractivity contribution in [3.8, 4) is 0 Å². The van der Waals surface area contributed by atoms with E-state index in [0.717, 1.165) is 9.92 Å². The molecule has 0 amide bonds. The predicted octanol–water partition coefficient (Wildman–Crippen LogP) is 2.76. The Morgan fingerprint density at radius 3 is 2.46 bits per heavy atom. The lowest BCUT2D eigenvalue weighted by Crippen LogP contribution is -2.21. The van der Waals surface area contributed by atoms with Gasteiger partial charge in [0.1, 0.15) is 5.84 Å². The Bertz CT molecular complexity index is 297. The maximum absolute atomic E-state index is 7.22. The molecule has 70 valence electrons. The third-order valence-electron chi connectivity index (χ3n) is 1.56. The van der Waals surface area contributed by atoms with Gasteiger partial charge in [-0.05, 0) is 31.2 Å². The fourth-order valence-electron chi connectivity index (χ4n) is 0.781. The number of halogens is 1. The van der Waals surface area contributed by atoms with Crippen molar-refractivity contribution in [2.24, 2.45) is 5.73 Å². The number of hydrogen-bond acceptors (Lipinski definition) is 2. The summed E-state index contributed by atoms with van der Waals surface area (Å²) < 4.78 is 0. The van der Waals surface area contributed by atoms with Gasteiger partial charge in [0.2, 0.25) is 0 Å². The van der Waals surface area contributed by atoms with Crippen LogP contribution in [0.25, 0.3) is 0 Å². The van der Waals surface area contributed by atoms with Gasteiger partial charge in [-0.25, -0.2) is 0 Å². The second-order valence-corrected chi connectivity index (χ2v) is 4.52. The summed E-state index contributed by atoms with van der Waals surface area (Å²) in [5, 5.41) is 7.96. The molecule has 0 fully saturated rings. The first-order valence-corrected chi connectivity index (χ1v) is 5.11. The van der Waals surface area contributed by atoms with Gasteiger partial charge < -0.3 is 5.73 Å². The molecule has 1 rings (SSSR count). The van der Waals surface area contributed by atoms with Crippen molar-refractivity contribution in [1.29, 1.82) is 5.41 Å². The van der Waals surface area contributed by atoms with Gasteiger partial charge >= 0.3 is 0 Å². The van der Waals surface area contributed by atoms with E-state index in [-0.39, 0.29) is 11.1 Å². The van der Waals surface area contributed by atoms with Crippen LogP contribution in [0.3, 0.4) is 0 Å². The number of nitrogens with two attached hydrogens (primary N) is 1. The monoisotopic (exact) mass is 214 g/mol. The zero-order valence-corrected chi connectivity index (χ0v) is 8.82. The number of benzene rings is 1. The molecule has 3 N–H and O–H groups in total. The summed E-state index contributed by atoms with van der Waals surface area (Å²) >= 11 is 7.29. The second-order valence-electron chi connectivity index (χ2n) is 2.67. The van der Waals surface area contributed by atoms with E-state index in [9.17, 15) is 0 Å². The maximum Gasteiger partial charge on any atom is 0.104 e. The zero-order chi connectivity index (χ0) is 9.84. The predicted molar refractivity (Wildman–Crippen MR) is 58.7 cm³/mol. The average molecular weight is 215 g/mol. The Morgan fingerprint density at radius 1 is 1.46 bits per heavy atom. The average Bonchev–Trinajstić information content (AvgIpc) is 2.08. The molecule has 0 aliphatic carbocycles. The van der Waals surface area contributed by atoms with Gasteiger partial charge in [-0.15, -0.1) is 11.8 Å². The van der Waals surface area contributed by atoms with Gasteiger partial charge in [0.25, 0.3) is 0 Å². The van der Waals surface area contributed by atoms with Crippen LogP contribution in [0.5, 0.6) is 0 Å². The molecule has 0 bridgehead atoms. The van der Waals surface area contributed by atoms with Crippen molar-refractivity contribution in [3.05, 3.63) is 29.3 Å². The molecule has 0 aliphatic rings. The normalized spacial score (nSPS) is 12.5. The van der Waals surface area contributed by atoms with Crippen molar-refractivity contribution in [2.75, 3.05) is 0 Å². The SMILES string of the molecule is CC(Sc1ccc(Cl)cc1)C(=N)N. The summed E-state index contributed by atoms with van der Waals surface area (Å²) in [4.78, 5) is 1.08. The first-order valence-electron chi connectivity index (χ1n) is 3.85. The molecule has 0 heterocycles. The molecular weight excluding hydrogens is 204 g/mol. The Morgan fingerprint density at radius 2 is 2.00 bits per heavy atom. The zero-order valence-electron chi connectivity index (χ0n) is 7.25. The van der Waals surface area contributed by atoms with Crippen LogP contribution < -0.4 is 5.73 Å². The topological polar surface area (TPSA) is 49.9 Å². The van der Waals surface area contributed by atoms with Crippen molar-refractivity contribution in [2.45, 2.75) is 17.1 Å². The molecule has 1 aromatic rings. The molecule has 13 heavy (non-hydrogen) atoms. The van der Waals surface area contributed by atoms with Crippen LogP contribution in [0.15, 0.2) is 29.2 Å². The van der Waals surface area contributed by atoms with Gasteiger partial charge in [-0.1, -0.05) is 11.6 Å².